The zero-order valence-electron chi connectivity index (χ0n) is 13.5. The molecule has 1 aliphatic heterocycles. The van der Waals surface area contributed by atoms with Gasteiger partial charge in [0.15, 0.2) is 6.10 Å². The highest BCUT2D eigenvalue weighted by Crippen LogP contribution is 2.23. The van der Waals surface area contributed by atoms with Crippen molar-refractivity contribution < 1.29 is 9.53 Å². The molecule has 3 nitrogen and oxygen atoms in total. The Morgan fingerprint density at radius 1 is 1.19 bits per heavy atom. The molecule has 1 fully saturated rings. The van der Waals surface area contributed by atoms with E-state index >= 15 is 0 Å². The molecule has 1 aromatic rings. The Kier molecular flexibility index (Phi) is 5.66. The van der Waals surface area contributed by atoms with E-state index < -0.39 is 0 Å². The summed E-state index contributed by atoms with van der Waals surface area (Å²) in [7, 11) is 0. The third-order valence-electron chi connectivity index (χ3n) is 4.39. The van der Waals surface area contributed by atoms with Gasteiger partial charge in [-0.15, -0.1) is 0 Å². The Bertz CT molecular complexity index is 476. The normalized spacial score (nSPS) is 17.2. The first-order valence-corrected chi connectivity index (χ1v) is 8.15. The molecular weight excluding hydrogens is 262 g/mol. The largest absolute Gasteiger partial charge is 0.480 e. The zero-order chi connectivity index (χ0) is 15.2. The number of hydrogen-bond acceptors (Lipinski definition) is 2. The Hall–Kier alpha value is -1.51. The molecule has 0 aromatic heterocycles. The maximum absolute atomic E-state index is 12.7. The van der Waals surface area contributed by atoms with Crippen LogP contribution in [0.1, 0.15) is 50.2 Å². The van der Waals surface area contributed by atoms with E-state index in [0.717, 1.165) is 37.2 Å². The van der Waals surface area contributed by atoms with Crippen LogP contribution in [0.3, 0.4) is 0 Å². The van der Waals surface area contributed by atoms with E-state index in [0.29, 0.717) is 6.42 Å². The van der Waals surface area contributed by atoms with Crippen LogP contribution in [0.25, 0.3) is 0 Å². The number of carbonyl (C=O) groups excluding carboxylic acids is 1. The summed E-state index contributed by atoms with van der Waals surface area (Å²) in [5, 5.41) is 0. The minimum Gasteiger partial charge on any atom is -0.480 e. The Morgan fingerprint density at radius 2 is 1.86 bits per heavy atom. The van der Waals surface area contributed by atoms with Crippen LogP contribution in [-0.4, -0.2) is 30.0 Å². The first-order chi connectivity index (χ1) is 10.1. The third kappa shape index (κ3) is 3.99. The zero-order valence-corrected chi connectivity index (χ0v) is 13.5. The van der Waals surface area contributed by atoms with Crippen LogP contribution >= 0.6 is 0 Å². The van der Waals surface area contributed by atoms with Crippen molar-refractivity contribution in [1.82, 2.24) is 4.90 Å². The molecule has 1 atom stereocenters. The van der Waals surface area contributed by atoms with Gasteiger partial charge in [-0.2, -0.15) is 0 Å². The number of likely N-dealkylation sites (tertiary alicyclic amines) is 1. The number of carbonyl (C=O) groups is 1. The van der Waals surface area contributed by atoms with Crippen LogP contribution in [0.4, 0.5) is 0 Å². The number of aryl methyl sites for hydroxylation is 1. The number of amides is 1. The molecule has 1 amide bonds. The summed E-state index contributed by atoms with van der Waals surface area (Å²) in [6, 6.07) is 6.02. The predicted octanol–water partition coefficient (Wildman–Crippen LogP) is 3.86. The van der Waals surface area contributed by atoms with Gasteiger partial charge in [-0.3, -0.25) is 4.79 Å². The molecule has 0 spiro atoms. The molecule has 0 radical (unpaired) electrons. The van der Waals surface area contributed by atoms with E-state index in [1.807, 2.05) is 30.9 Å². The van der Waals surface area contributed by atoms with Crippen molar-refractivity contribution in [3.05, 3.63) is 29.3 Å². The van der Waals surface area contributed by atoms with Gasteiger partial charge in [0.25, 0.3) is 5.91 Å². The molecule has 1 saturated heterocycles. The smallest absolute Gasteiger partial charge is 0.263 e. The van der Waals surface area contributed by atoms with E-state index in [1.54, 1.807) is 0 Å². The highest BCUT2D eigenvalue weighted by Gasteiger charge is 2.25. The molecule has 0 aliphatic carbocycles. The summed E-state index contributed by atoms with van der Waals surface area (Å²) in [6.07, 6.45) is 5.06. The molecule has 0 saturated carbocycles. The average Bonchev–Trinajstić information content (AvgIpc) is 2.77. The second kappa shape index (κ2) is 7.48. The lowest BCUT2D eigenvalue weighted by Gasteiger charge is -2.26. The molecule has 21 heavy (non-hydrogen) atoms. The summed E-state index contributed by atoms with van der Waals surface area (Å²) in [5.41, 5.74) is 2.32. The average molecular weight is 289 g/mol. The Morgan fingerprint density at radius 3 is 2.48 bits per heavy atom. The van der Waals surface area contributed by atoms with Gasteiger partial charge < -0.3 is 9.64 Å². The summed E-state index contributed by atoms with van der Waals surface area (Å²) in [4.78, 5) is 14.7. The van der Waals surface area contributed by atoms with Crippen molar-refractivity contribution in [2.45, 2.75) is 59.0 Å². The summed E-state index contributed by atoms with van der Waals surface area (Å²) in [6.45, 7) is 7.90. The Labute approximate surface area is 128 Å². The van der Waals surface area contributed by atoms with Gasteiger partial charge in [-0.05, 0) is 50.3 Å². The number of nitrogens with zero attached hydrogens (tertiary/aromatic N) is 1. The van der Waals surface area contributed by atoms with Crippen molar-refractivity contribution in [1.29, 1.82) is 0 Å². The number of rotatable bonds is 4. The van der Waals surface area contributed by atoms with Crippen LogP contribution in [0.2, 0.25) is 0 Å². The molecule has 1 aliphatic rings. The van der Waals surface area contributed by atoms with Crippen LogP contribution in [0.5, 0.6) is 5.75 Å². The Balaban J connectivity index is 2.08. The lowest BCUT2D eigenvalue weighted by Crippen LogP contribution is -2.42. The lowest BCUT2D eigenvalue weighted by atomic mass is 10.1. The topological polar surface area (TPSA) is 29.5 Å². The fourth-order valence-electron chi connectivity index (χ4n) is 2.81. The quantitative estimate of drug-likeness (QED) is 0.842. The molecule has 0 bridgehead atoms. The summed E-state index contributed by atoms with van der Waals surface area (Å²) >= 11 is 0. The summed E-state index contributed by atoms with van der Waals surface area (Å²) in [5.74, 6) is 0.991. The van der Waals surface area contributed by atoms with Gasteiger partial charge in [-0.1, -0.05) is 31.9 Å². The van der Waals surface area contributed by atoms with E-state index in [-0.39, 0.29) is 12.0 Å². The maximum atomic E-state index is 12.7. The van der Waals surface area contributed by atoms with Crippen LogP contribution in [-0.2, 0) is 4.79 Å². The van der Waals surface area contributed by atoms with Crippen LogP contribution in [0, 0.1) is 13.8 Å². The fraction of sp³-hybridized carbons (Fsp3) is 0.611. The molecule has 3 heteroatoms. The van der Waals surface area contributed by atoms with Gasteiger partial charge in [0, 0.05) is 13.1 Å². The lowest BCUT2D eigenvalue weighted by molar-refractivity contribution is -0.138. The molecule has 1 heterocycles. The highest BCUT2D eigenvalue weighted by molar-refractivity contribution is 5.81. The molecule has 0 unspecified atom stereocenters. The van der Waals surface area contributed by atoms with E-state index in [9.17, 15) is 4.79 Å². The van der Waals surface area contributed by atoms with Gasteiger partial charge in [-0.25, -0.2) is 0 Å². The van der Waals surface area contributed by atoms with Crippen molar-refractivity contribution >= 4 is 5.91 Å². The van der Waals surface area contributed by atoms with Crippen molar-refractivity contribution in [2.24, 2.45) is 0 Å². The number of benzene rings is 1. The molecule has 0 N–H and O–H groups in total. The van der Waals surface area contributed by atoms with Crippen molar-refractivity contribution in [3.8, 4) is 5.75 Å². The van der Waals surface area contributed by atoms with E-state index in [1.165, 1.54) is 18.4 Å². The van der Waals surface area contributed by atoms with Crippen molar-refractivity contribution in [3.63, 3.8) is 0 Å². The minimum absolute atomic E-state index is 0.153. The van der Waals surface area contributed by atoms with Gasteiger partial charge in [0.1, 0.15) is 5.75 Å². The van der Waals surface area contributed by atoms with E-state index in [2.05, 4.69) is 13.0 Å². The minimum atomic E-state index is -0.358. The third-order valence-corrected chi connectivity index (χ3v) is 4.39. The monoisotopic (exact) mass is 289 g/mol. The number of ether oxygens (including phenoxy) is 1. The highest BCUT2D eigenvalue weighted by atomic mass is 16.5. The first-order valence-electron chi connectivity index (χ1n) is 8.15. The fourth-order valence-corrected chi connectivity index (χ4v) is 2.81. The molecule has 116 valence electrons. The maximum Gasteiger partial charge on any atom is 0.263 e. The van der Waals surface area contributed by atoms with Gasteiger partial charge in [0.2, 0.25) is 0 Å². The van der Waals surface area contributed by atoms with Gasteiger partial charge >= 0.3 is 0 Å². The van der Waals surface area contributed by atoms with Crippen molar-refractivity contribution in [2.75, 3.05) is 13.1 Å². The second-order valence-electron chi connectivity index (χ2n) is 5.95. The first kappa shape index (κ1) is 15.9. The van der Waals surface area contributed by atoms with Gasteiger partial charge in [0.05, 0.1) is 0 Å². The molecular formula is C18H27NO2. The summed E-state index contributed by atoms with van der Waals surface area (Å²) < 4.78 is 6.04. The number of hydrogen-bond donors (Lipinski definition) is 0. The standard InChI is InChI=1S/C18H27NO2/c1-4-16(18(20)19-12-7-5-6-8-13-19)21-17-11-9-10-14(2)15(17)3/h9-11,16H,4-8,12-13H2,1-3H3/t16-/m0/s1. The van der Waals surface area contributed by atoms with Crippen LogP contribution < -0.4 is 4.74 Å². The molecule has 2 rings (SSSR count). The van der Waals surface area contributed by atoms with E-state index in [4.69, 9.17) is 4.74 Å². The van der Waals surface area contributed by atoms with Crippen LogP contribution in [0.15, 0.2) is 18.2 Å². The predicted molar refractivity (Wildman–Crippen MR) is 85.7 cm³/mol. The second-order valence-corrected chi connectivity index (χ2v) is 5.95. The molecule has 1 aromatic carbocycles. The SMILES string of the molecule is CC[C@H](Oc1cccc(C)c1C)C(=O)N1CCCCCC1.